The minimum atomic E-state index is -0.591. The fourth-order valence-electron chi connectivity index (χ4n) is 1.66. The number of rotatable bonds is 6. The smallest absolute Gasteiger partial charge is 0.267 e. The Balaban J connectivity index is 2.08. The van der Waals surface area contributed by atoms with Crippen LogP contribution in [0.25, 0.3) is 6.08 Å². The summed E-state index contributed by atoms with van der Waals surface area (Å²) in [5.74, 6) is 0.625. The predicted molar refractivity (Wildman–Crippen MR) is 80.6 cm³/mol. The highest BCUT2D eigenvalue weighted by atomic mass is 32.1. The molecular formula is C15H15NO4S. The summed E-state index contributed by atoms with van der Waals surface area (Å²) in [4.78, 5) is 12.1. The molecule has 0 aliphatic carbocycles. The zero-order valence-electron chi connectivity index (χ0n) is 11.4. The summed E-state index contributed by atoms with van der Waals surface area (Å²) in [5.41, 5.74) is 2.29. The van der Waals surface area contributed by atoms with E-state index in [1.54, 1.807) is 42.7 Å². The number of carbonyl (C=O) groups excluding carboxylic acids is 1. The second-order valence-electron chi connectivity index (χ2n) is 4.09. The molecule has 0 saturated carbocycles. The van der Waals surface area contributed by atoms with Crippen molar-refractivity contribution < 1.29 is 19.5 Å². The predicted octanol–water partition coefficient (Wildman–Crippen LogP) is 2.85. The number of hydrogen-bond donors (Lipinski definition) is 2. The first kappa shape index (κ1) is 15.1. The van der Waals surface area contributed by atoms with E-state index in [2.05, 4.69) is 0 Å². The Bertz CT molecular complexity index is 623. The fourth-order valence-corrected chi connectivity index (χ4v) is 2.28. The SMILES string of the molecule is COc1cc(/C=C/C(=O)NO)ccc1OCc1cccs1. The second-order valence-corrected chi connectivity index (χ2v) is 5.12. The van der Waals surface area contributed by atoms with Gasteiger partial charge in [-0.1, -0.05) is 12.1 Å². The van der Waals surface area contributed by atoms with Crippen molar-refractivity contribution in [2.75, 3.05) is 7.11 Å². The summed E-state index contributed by atoms with van der Waals surface area (Å²) in [5, 5.41) is 10.4. The second kappa shape index (κ2) is 7.47. The maximum atomic E-state index is 10.9. The third-order valence-electron chi connectivity index (χ3n) is 2.68. The first-order chi connectivity index (χ1) is 10.2. The van der Waals surface area contributed by atoms with E-state index in [-0.39, 0.29) is 0 Å². The average molecular weight is 305 g/mol. The van der Waals surface area contributed by atoms with E-state index in [4.69, 9.17) is 14.7 Å². The zero-order valence-corrected chi connectivity index (χ0v) is 12.2. The molecule has 0 atom stereocenters. The van der Waals surface area contributed by atoms with E-state index < -0.39 is 5.91 Å². The molecule has 2 aromatic rings. The lowest BCUT2D eigenvalue weighted by atomic mass is 10.2. The molecule has 0 aliphatic heterocycles. The van der Waals surface area contributed by atoms with Crippen LogP contribution in [-0.4, -0.2) is 18.2 Å². The number of hydroxylamine groups is 1. The molecule has 2 N–H and O–H groups in total. The van der Waals surface area contributed by atoms with Crippen molar-refractivity contribution in [2.24, 2.45) is 0 Å². The number of methoxy groups -OCH3 is 1. The van der Waals surface area contributed by atoms with E-state index in [0.717, 1.165) is 10.4 Å². The highest BCUT2D eigenvalue weighted by molar-refractivity contribution is 7.09. The first-order valence-electron chi connectivity index (χ1n) is 6.18. The maximum absolute atomic E-state index is 10.9. The third kappa shape index (κ3) is 4.34. The molecule has 5 nitrogen and oxygen atoms in total. The van der Waals surface area contributed by atoms with Crippen LogP contribution in [0.5, 0.6) is 11.5 Å². The van der Waals surface area contributed by atoms with Gasteiger partial charge in [0.15, 0.2) is 11.5 Å². The Morgan fingerprint density at radius 2 is 2.24 bits per heavy atom. The topological polar surface area (TPSA) is 67.8 Å². The molecule has 1 heterocycles. The molecule has 1 aromatic heterocycles. The summed E-state index contributed by atoms with van der Waals surface area (Å²) in [6.45, 7) is 0.482. The molecule has 0 fully saturated rings. The molecule has 0 spiro atoms. The van der Waals surface area contributed by atoms with E-state index in [9.17, 15) is 4.79 Å². The van der Waals surface area contributed by atoms with Crippen LogP contribution < -0.4 is 15.0 Å². The van der Waals surface area contributed by atoms with Gasteiger partial charge in [0, 0.05) is 11.0 Å². The normalized spacial score (nSPS) is 10.6. The lowest BCUT2D eigenvalue weighted by molar-refractivity contribution is -0.124. The van der Waals surface area contributed by atoms with Crippen LogP contribution in [0, 0.1) is 0 Å². The van der Waals surface area contributed by atoms with Gasteiger partial charge in [-0.05, 0) is 35.2 Å². The first-order valence-corrected chi connectivity index (χ1v) is 7.06. The van der Waals surface area contributed by atoms with E-state index >= 15 is 0 Å². The summed E-state index contributed by atoms with van der Waals surface area (Å²) >= 11 is 1.63. The Morgan fingerprint density at radius 1 is 1.38 bits per heavy atom. The number of amides is 1. The Hall–Kier alpha value is -2.31. The molecule has 0 radical (unpaired) electrons. The van der Waals surface area contributed by atoms with Gasteiger partial charge in [0.2, 0.25) is 0 Å². The van der Waals surface area contributed by atoms with Crippen molar-refractivity contribution in [1.82, 2.24) is 5.48 Å². The molecule has 21 heavy (non-hydrogen) atoms. The van der Waals surface area contributed by atoms with Crippen molar-refractivity contribution in [1.29, 1.82) is 0 Å². The largest absolute Gasteiger partial charge is 0.493 e. The van der Waals surface area contributed by atoms with Crippen molar-refractivity contribution in [2.45, 2.75) is 6.61 Å². The van der Waals surface area contributed by atoms with Crippen LogP contribution in [0.15, 0.2) is 41.8 Å². The minimum absolute atomic E-state index is 0.482. The number of thiophene rings is 1. The quantitative estimate of drug-likeness (QED) is 0.489. The van der Waals surface area contributed by atoms with Crippen LogP contribution in [0.4, 0.5) is 0 Å². The van der Waals surface area contributed by atoms with Gasteiger partial charge in [0.1, 0.15) is 6.61 Å². The molecule has 1 aromatic carbocycles. The van der Waals surface area contributed by atoms with Gasteiger partial charge in [0.05, 0.1) is 7.11 Å². The Kier molecular flexibility index (Phi) is 5.36. The zero-order chi connectivity index (χ0) is 15.1. The van der Waals surface area contributed by atoms with Crippen LogP contribution in [0.1, 0.15) is 10.4 Å². The van der Waals surface area contributed by atoms with Gasteiger partial charge in [-0.2, -0.15) is 0 Å². The minimum Gasteiger partial charge on any atom is -0.493 e. The lowest BCUT2D eigenvalue weighted by Gasteiger charge is -2.10. The van der Waals surface area contributed by atoms with Gasteiger partial charge < -0.3 is 9.47 Å². The fraction of sp³-hybridized carbons (Fsp3) is 0.133. The summed E-state index contributed by atoms with van der Waals surface area (Å²) in [6, 6.07) is 9.31. The molecular weight excluding hydrogens is 290 g/mol. The highest BCUT2D eigenvalue weighted by Crippen LogP contribution is 2.29. The lowest BCUT2D eigenvalue weighted by Crippen LogP contribution is -2.14. The standard InChI is InChI=1S/C15H15NO4S/c1-19-14-9-11(5-7-15(17)16-18)4-6-13(14)20-10-12-3-2-8-21-12/h2-9,18H,10H2,1H3,(H,16,17)/b7-5+. The molecule has 1 amide bonds. The highest BCUT2D eigenvalue weighted by Gasteiger charge is 2.06. The molecule has 0 aliphatic rings. The van der Waals surface area contributed by atoms with Gasteiger partial charge in [-0.25, -0.2) is 5.48 Å². The Morgan fingerprint density at radius 3 is 2.90 bits per heavy atom. The van der Waals surface area contributed by atoms with Crippen LogP contribution in [-0.2, 0) is 11.4 Å². The Labute approximate surface area is 126 Å². The monoisotopic (exact) mass is 305 g/mol. The molecule has 0 saturated heterocycles. The van der Waals surface area contributed by atoms with Gasteiger partial charge in [0.25, 0.3) is 5.91 Å². The number of ether oxygens (including phenoxy) is 2. The average Bonchev–Trinajstić information content (AvgIpc) is 3.04. The molecule has 2 rings (SSSR count). The van der Waals surface area contributed by atoms with Gasteiger partial charge in [-0.3, -0.25) is 10.0 Å². The van der Waals surface area contributed by atoms with E-state index in [1.807, 2.05) is 17.5 Å². The molecule has 0 unspecified atom stereocenters. The van der Waals surface area contributed by atoms with E-state index in [0.29, 0.717) is 18.1 Å². The summed E-state index contributed by atoms with van der Waals surface area (Å²) < 4.78 is 11.0. The van der Waals surface area contributed by atoms with Crippen molar-refractivity contribution in [3.63, 3.8) is 0 Å². The number of carbonyl (C=O) groups is 1. The van der Waals surface area contributed by atoms with Crippen LogP contribution >= 0.6 is 11.3 Å². The number of benzene rings is 1. The summed E-state index contributed by atoms with van der Waals surface area (Å²) in [6.07, 6.45) is 2.79. The van der Waals surface area contributed by atoms with Gasteiger partial charge in [-0.15, -0.1) is 11.3 Å². The van der Waals surface area contributed by atoms with Crippen LogP contribution in [0.2, 0.25) is 0 Å². The van der Waals surface area contributed by atoms with Crippen molar-refractivity contribution in [3.05, 3.63) is 52.2 Å². The number of nitrogens with one attached hydrogen (secondary N) is 1. The van der Waals surface area contributed by atoms with Crippen LogP contribution in [0.3, 0.4) is 0 Å². The van der Waals surface area contributed by atoms with Crippen molar-refractivity contribution >= 4 is 23.3 Å². The van der Waals surface area contributed by atoms with Crippen molar-refractivity contribution in [3.8, 4) is 11.5 Å². The molecule has 6 heteroatoms. The van der Waals surface area contributed by atoms with E-state index in [1.165, 1.54) is 11.6 Å². The number of hydrogen-bond acceptors (Lipinski definition) is 5. The molecule has 0 bridgehead atoms. The third-order valence-corrected chi connectivity index (χ3v) is 3.52. The van der Waals surface area contributed by atoms with Gasteiger partial charge >= 0.3 is 0 Å². The maximum Gasteiger partial charge on any atom is 0.267 e. The molecule has 110 valence electrons. The summed E-state index contributed by atoms with van der Waals surface area (Å²) in [7, 11) is 1.56.